The average Bonchev–Trinajstić information content (AvgIpc) is 2.36. The molecule has 0 heterocycles. The summed E-state index contributed by atoms with van der Waals surface area (Å²) in [6, 6.07) is 3.46. The van der Waals surface area contributed by atoms with Gasteiger partial charge in [0, 0.05) is 18.2 Å². The van der Waals surface area contributed by atoms with E-state index in [9.17, 15) is 18.0 Å². The quantitative estimate of drug-likeness (QED) is 0.480. The van der Waals surface area contributed by atoms with E-state index in [2.05, 4.69) is 5.32 Å². The predicted molar refractivity (Wildman–Crippen MR) is 86.3 cm³/mol. The van der Waals surface area contributed by atoms with Gasteiger partial charge in [-0.3, -0.25) is 0 Å². The maximum absolute atomic E-state index is 12.6. The number of carbonyl (C=O) groups is 1. The molecule has 0 atom stereocenters. The second-order valence-electron chi connectivity index (χ2n) is 4.62. The smallest absolute Gasteiger partial charge is 0.417 e. The van der Waals surface area contributed by atoms with Crippen LogP contribution >= 0.6 is 23.8 Å². The number of rotatable bonds is 5. The molecule has 0 aliphatic heterocycles. The van der Waals surface area contributed by atoms with E-state index in [1.54, 1.807) is 13.8 Å². The molecule has 1 aromatic carbocycles. The third-order valence-electron chi connectivity index (χ3n) is 2.66. The lowest BCUT2D eigenvalue weighted by molar-refractivity contribution is -0.138. The normalized spacial score (nSPS) is 12.0. The van der Waals surface area contributed by atoms with Crippen LogP contribution < -0.4 is 5.32 Å². The Morgan fingerprint density at radius 1 is 1.43 bits per heavy atom. The van der Waals surface area contributed by atoms with Gasteiger partial charge in [0.15, 0.2) is 0 Å². The highest BCUT2D eigenvalue weighted by Crippen LogP contribution is 2.34. The molecule has 1 rings (SSSR count). The molecule has 23 heavy (non-hydrogen) atoms. The van der Waals surface area contributed by atoms with Crippen molar-refractivity contribution in [2.45, 2.75) is 26.4 Å². The molecule has 8 heteroatoms. The van der Waals surface area contributed by atoms with Gasteiger partial charge >= 0.3 is 12.1 Å². The number of nitrogens with one attached hydrogen (secondary N) is 1. The lowest BCUT2D eigenvalue weighted by Gasteiger charge is -2.12. The summed E-state index contributed by atoms with van der Waals surface area (Å²) in [5.41, 5.74) is 0.121. The van der Waals surface area contributed by atoms with E-state index in [0.29, 0.717) is 16.2 Å². The molecule has 0 aliphatic rings. The highest BCUT2D eigenvalue weighted by Gasteiger charge is 2.32. The van der Waals surface area contributed by atoms with Crippen molar-refractivity contribution in [3.05, 3.63) is 46.1 Å². The molecule has 0 aliphatic carbocycles. The number of thiocarbonyl (C=S) groups is 1. The number of hydrogen-bond donors (Lipinski definition) is 1. The zero-order chi connectivity index (χ0) is 17.6. The second kappa shape index (κ2) is 8.31. The first-order chi connectivity index (χ1) is 10.6. The largest absolute Gasteiger partial charge is 0.463 e. The number of alkyl halides is 3. The van der Waals surface area contributed by atoms with Gasteiger partial charge in [0.05, 0.1) is 22.2 Å². The second-order valence-corrected chi connectivity index (χ2v) is 5.52. The van der Waals surface area contributed by atoms with Gasteiger partial charge in [-0.2, -0.15) is 13.2 Å². The number of esters is 1. The summed E-state index contributed by atoms with van der Waals surface area (Å²) in [6.45, 7) is 3.58. The Bertz CT molecular complexity index is 630. The Balaban J connectivity index is 2.72. The molecule has 0 radical (unpaired) electrons. The predicted octanol–water partition coefficient (Wildman–Crippen LogP) is 4.29. The molecule has 0 fully saturated rings. The zero-order valence-corrected chi connectivity index (χ0v) is 14.0. The number of allylic oxidation sites excluding steroid dienone is 1. The Morgan fingerprint density at radius 3 is 2.61 bits per heavy atom. The van der Waals surface area contributed by atoms with Gasteiger partial charge in [0.2, 0.25) is 0 Å². The lowest BCUT2D eigenvalue weighted by Crippen LogP contribution is -2.22. The molecule has 1 aromatic rings. The van der Waals surface area contributed by atoms with E-state index in [1.165, 1.54) is 18.2 Å². The summed E-state index contributed by atoms with van der Waals surface area (Å²) in [7, 11) is 0. The molecule has 126 valence electrons. The fraction of sp³-hybridized carbons (Fsp3) is 0.333. The SMILES string of the molecule is CCOC(=O)/C=C(/C)NC(=S)Cc1ccc(C(F)(F)F)c(Cl)c1. The van der Waals surface area contributed by atoms with E-state index >= 15 is 0 Å². The Labute approximate surface area is 142 Å². The van der Waals surface area contributed by atoms with Crippen molar-refractivity contribution >= 4 is 34.8 Å². The molecule has 0 bridgehead atoms. The third-order valence-corrected chi connectivity index (χ3v) is 3.22. The molecule has 0 amide bonds. The van der Waals surface area contributed by atoms with Gasteiger partial charge in [-0.25, -0.2) is 4.79 Å². The number of carbonyl (C=O) groups excluding carboxylic acids is 1. The molecular weight excluding hydrogens is 351 g/mol. The summed E-state index contributed by atoms with van der Waals surface area (Å²) >= 11 is 10.8. The molecule has 0 aromatic heterocycles. The van der Waals surface area contributed by atoms with Gasteiger partial charge in [-0.05, 0) is 31.5 Å². The van der Waals surface area contributed by atoms with E-state index in [-0.39, 0.29) is 18.1 Å². The van der Waals surface area contributed by atoms with E-state index in [4.69, 9.17) is 28.6 Å². The molecule has 0 spiro atoms. The van der Waals surface area contributed by atoms with E-state index < -0.39 is 17.7 Å². The Kier molecular flexibility index (Phi) is 7.02. The van der Waals surface area contributed by atoms with Crippen molar-refractivity contribution in [1.29, 1.82) is 0 Å². The molecule has 0 unspecified atom stereocenters. The number of benzene rings is 1. The topological polar surface area (TPSA) is 38.3 Å². The summed E-state index contributed by atoms with van der Waals surface area (Å²) < 4.78 is 42.6. The summed E-state index contributed by atoms with van der Waals surface area (Å²) in [5.74, 6) is -0.502. The first kappa shape index (κ1) is 19.4. The maximum Gasteiger partial charge on any atom is 0.417 e. The average molecular weight is 366 g/mol. The van der Waals surface area contributed by atoms with Crippen LogP contribution in [0.1, 0.15) is 25.0 Å². The monoisotopic (exact) mass is 365 g/mol. The van der Waals surface area contributed by atoms with E-state index in [0.717, 1.165) is 6.07 Å². The Hall–Kier alpha value is -1.60. The molecule has 0 saturated heterocycles. The first-order valence-electron chi connectivity index (χ1n) is 6.64. The van der Waals surface area contributed by atoms with E-state index in [1.807, 2.05) is 0 Å². The molecule has 0 saturated carbocycles. The lowest BCUT2D eigenvalue weighted by atomic mass is 10.1. The van der Waals surface area contributed by atoms with Crippen LogP contribution in [-0.2, 0) is 22.1 Å². The highest BCUT2D eigenvalue weighted by molar-refractivity contribution is 7.80. The van der Waals surface area contributed by atoms with Crippen LogP contribution in [0.15, 0.2) is 30.0 Å². The molecular formula is C15H15ClF3NO2S. The minimum atomic E-state index is -4.49. The fourth-order valence-electron chi connectivity index (χ4n) is 1.74. The minimum Gasteiger partial charge on any atom is -0.463 e. The van der Waals surface area contributed by atoms with Crippen LogP contribution in [0.2, 0.25) is 5.02 Å². The first-order valence-corrected chi connectivity index (χ1v) is 7.42. The van der Waals surface area contributed by atoms with Gasteiger partial charge in [-0.1, -0.05) is 29.9 Å². The summed E-state index contributed by atoms with van der Waals surface area (Å²) in [6.07, 6.45) is -3.05. The van der Waals surface area contributed by atoms with Crippen molar-refractivity contribution in [3.63, 3.8) is 0 Å². The van der Waals surface area contributed by atoms with Crippen molar-refractivity contribution in [2.75, 3.05) is 6.61 Å². The number of ether oxygens (including phenoxy) is 1. The molecule has 1 N–H and O–H groups in total. The maximum atomic E-state index is 12.6. The molecule has 3 nitrogen and oxygen atoms in total. The summed E-state index contributed by atoms with van der Waals surface area (Å²) in [5, 5.41) is 2.43. The van der Waals surface area contributed by atoms with Gasteiger partial charge < -0.3 is 10.1 Å². The number of halogens is 4. The van der Waals surface area contributed by atoms with Crippen molar-refractivity contribution in [1.82, 2.24) is 5.32 Å². The van der Waals surface area contributed by atoms with Crippen LogP contribution in [0, 0.1) is 0 Å². The van der Waals surface area contributed by atoms with Crippen molar-refractivity contribution < 1.29 is 22.7 Å². The van der Waals surface area contributed by atoms with Crippen molar-refractivity contribution in [2.24, 2.45) is 0 Å². The van der Waals surface area contributed by atoms with Gasteiger partial charge in [0.25, 0.3) is 0 Å². The standard InChI is InChI=1S/C15H15ClF3NO2S/c1-3-22-14(21)6-9(2)20-13(23)8-10-4-5-11(12(16)7-10)15(17,18)19/h4-7H,3,8H2,1-2H3,(H,20,23)/b9-6-. The highest BCUT2D eigenvalue weighted by atomic mass is 35.5. The van der Waals surface area contributed by atoms with Gasteiger partial charge in [-0.15, -0.1) is 0 Å². The van der Waals surface area contributed by atoms with Crippen LogP contribution in [0.25, 0.3) is 0 Å². The van der Waals surface area contributed by atoms with Crippen LogP contribution in [0.3, 0.4) is 0 Å². The summed E-state index contributed by atoms with van der Waals surface area (Å²) in [4.78, 5) is 11.6. The van der Waals surface area contributed by atoms with Crippen LogP contribution in [-0.4, -0.2) is 17.6 Å². The van der Waals surface area contributed by atoms with Crippen LogP contribution in [0.4, 0.5) is 13.2 Å². The Morgan fingerprint density at radius 2 is 2.09 bits per heavy atom. The van der Waals surface area contributed by atoms with Crippen molar-refractivity contribution in [3.8, 4) is 0 Å². The van der Waals surface area contributed by atoms with Crippen LogP contribution in [0.5, 0.6) is 0 Å². The zero-order valence-electron chi connectivity index (χ0n) is 12.5. The number of hydrogen-bond acceptors (Lipinski definition) is 3. The third kappa shape index (κ3) is 6.58. The minimum absolute atomic E-state index is 0.196. The van der Waals surface area contributed by atoms with Gasteiger partial charge in [0.1, 0.15) is 0 Å². The fourth-order valence-corrected chi connectivity index (χ4v) is 2.38.